The molecular formula is C21H24N2O3S. The van der Waals surface area contributed by atoms with Crippen LogP contribution in [-0.4, -0.2) is 32.8 Å². The number of hydrogen-bond acceptors (Lipinski definition) is 3. The van der Waals surface area contributed by atoms with Gasteiger partial charge in [0.2, 0.25) is 15.9 Å². The van der Waals surface area contributed by atoms with Crippen LogP contribution >= 0.6 is 0 Å². The molecule has 0 aliphatic carbocycles. The van der Waals surface area contributed by atoms with Crippen LogP contribution in [0.15, 0.2) is 59.5 Å². The molecule has 6 heteroatoms. The maximum Gasteiger partial charge on any atom is 0.247 e. The van der Waals surface area contributed by atoms with E-state index in [0.29, 0.717) is 0 Å². The fourth-order valence-corrected chi connectivity index (χ4v) is 4.03. The van der Waals surface area contributed by atoms with E-state index in [2.05, 4.69) is 35.9 Å². The molecule has 1 amide bonds. The van der Waals surface area contributed by atoms with Gasteiger partial charge >= 0.3 is 0 Å². The van der Waals surface area contributed by atoms with E-state index < -0.39 is 10.0 Å². The number of aryl methyl sites for hydroxylation is 1. The van der Waals surface area contributed by atoms with Crippen LogP contribution in [0.5, 0.6) is 0 Å². The number of hydrogen-bond donors (Lipinski definition) is 1. The number of sulfonamides is 1. The fraction of sp³-hybridized carbons (Fsp3) is 0.286. The van der Waals surface area contributed by atoms with Crippen LogP contribution in [0.3, 0.4) is 0 Å². The molecule has 5 nitrogen and oxygen atoms in total. The summed E-state index contributed by atoms with van der Waals surface area (Å²) in [6.07, 6.45) is 5.25. The molecular weight excluding hydrogens is 360 g/mol. The van der Waals surface area contributed by atoms with Crippen LogP contribution < -0.4 is 4.72 Å². The summed E-state index contributed by atoms with van der Waals surface area (Å²) in [5, 5.41) is 0. The number of likely N-dealkylation sites (tertiary alicyclic amines) is 1. The van der Waals surface area contributed by atoms with Gasteiger partial charge in [-0.3, -0.25) is 4.79 Å². The van der Waals surface area contributed by atoms with Gasteiger partial charge in [-0.25, -0.2) is 13.1 Å². The molecule has 142 valence electrons. The summed E-state index contributed by atoms with van der Waals surface area (Å²) in [4.78, 5) is 14.8. The molecule has 0 saturated carbocycles. The monoisotopic (exact) mass is 384 g/mol. The third-order valence-corrected chi connectivity index (χ3v) is 6.31. The van der Waals surface area contributed by atoms with Crippen molar-refractivity contribution in [2.45, 2.75) is 30.7 Å². The number of nitrogens with one attached hydrogen (secondary N) is 1. The Bertz CT molecular complexity index is 932. The van der Waals surface area contributed by atoms with Gasteiger partial charge in [0, 0.05) is 12.6 Å². The summed E-state index contributed by atoms with van der Waals surface area (Å²) in [7, 11) is -2.07. The van der Waals surface area contributed by atoms with E-state index in [4.69, 9.17) is 0 Å². The molecule has 1 aliphatic rings. The van der Waals surface area contributed by atoms with E-state index in [1.807, 2.05) is 4.90 Å². The van der Waals surface area contributed by atoms with Crippen LogP contribution in [0.1, 0.15) is 35.6 Å². The van der Waals surface area contributed by atoms with Crippen molar-refractivity contribution in [3.05, 3.63) is 71.3 Å². The number of carbonyl (C=O) groups excluding carboxylic acids is 1. The Hall–Kier alpha value is -2.44. The van der Waals surface area contributed by atoms with Gasteiger partial charge in [0.1, 0.15) is 0 Å². The van der Waals surface area contributed by atoms with Crippen molar-refractivity contribution in [1.82, 2.24) is 9.62 Å². The second-order valence-electron chi connectivity index (χ2n) is 6.71. The van der Waals surface area contributed by atoms with Gasteiger partial charge < -0.3 is 4.90 Å². The molecule has 1 fully saturated rings. The Morgan fingerprint density at radius 1 is 1.11 bits per heavy atom. The molecule has 27 heavy (non-hydrogen) atoms. The zero-order valence-electron chi connectivity index (χ0n) is 15.6. The Morgan fingerprint density at radius 2 is 1.78 bits per heavy atom. The fourth-order valence-electron chi connectivity index (χ4n) is 3.30. The van der Waals surface area contributed by atoms with Crippen LogP contribution in [-0.2, 0) is 14.8 Å². The Morgan fingerprint density at radius 3 is 2.41 bits per heavy atom. The standard InChI is InChI=1S/C21H24N2O3S/c1-16-5-10-18(11-6-16)20-4-3-15-23(20)21(24)14-9-17-7-12-19(13-8-17)27(25,26)22-2/h5-14,20,22H,3-4,15H2,1-2H3/b14-9+. The predicted molar refractivity (Wildman–Crippen MR) is 107 cm³/mol. The molecule has 2 aromatic carbocycles. The van der Waals surface area contributed by atoms with E-state index in [0.717, 1.165) is 24.9 Å². The van der Waals surface area contributed by atoms with Crippen molar-refractivity contribution in [2.75, 3.05) is 13.6 Å². The molecule has 1 atom stereocenters. The minimum Gasteiger partial charge on any atom is -0.332 e. The smallest absolute Gasteiger partial charge is 0.247 e. The Balaban J connectivity index is 1.71. The van der Waals surface area contributed by atoms with E-state index in [1.54, 1.807) is 24.3 Å². The average Bonchev–Trinajstić information content (AvgIpc) is 3.17. The SMILES string of the molecule is CNS(=O)(=O)c1ccc(/C=C/C(=O)N2CCCC2c2ccc(C)cc2)cc1. The maximum atomic E-state index is 12.7. The lowest BCUT2D eigenvalue weighted by Crippen LogP contribution is -2.28. The number of carbonyl (C=O) groups is 1. The molecule has 0 aromatic heterocycles. The van der Waals surface area contributed by atoms with E-state index in [-0.39, 0.29) is 16.8 Å². The van der Waals surface area contributed by atoms with Crippen molar-refractivity contribution >= 4 is 22.0 Å². The van der Waals surface area contributed by atoms with Crippen molar-refractivity contribution in [3.63, 3.8) is 0 Å². The minimum atomic E-state index is -3.45. The third kappa shape index (κ3) is 4.46. The minimum absolute atomic E-state index is 0.0232. The number of benzene rings is 2. The lowest BCUT2D eigenvalue weighted by Gasteiger charge is -2.24. The van der Waals surface area contributed by atoms with E-state index in [1.165, 1.54) is 30.3 Å². The second-order valence-corrected chi connectivity index (χ2v) is 8.60. The summed E-state index contributed by atoms with van der Waals surface area (Å²) in [6.45, 7) is 2.80. The first-order valence-corrected chi connectivity index (χ1v) is 10.5. The molecule has 0 bridgehead atoms. The molecule has 1 saturated heterocycles. The second kappa shape index (κ2) is 8.06. The molecule has 0 spiro atoms. The van der Waals surface area contributed by atoms with Gasteiger partial charge in [-0.05, 0) is 56.1 Å². The highest BCUT2D eigenvalue weighted by molar-refractivity contribution is 7.89. The topological polar surface area (TPSA) is 66.5 Å². The van der Waals surface area contributed by atoms with Gasteiger partial charge in [0.25, 0.3) is 0 Å². The summed E-state index contributed by atoms with van der Waals surface area (Å²) >= 11 is 0. The van der Waals surface area contributed by atoms with Gasteiger partial charge in [-0.15, -0.1) is 0 Å². The quantitative estimate of drug-likeness (QED) is 0.805. The van der Waals surface area contributed by atoms with Gasteiger partial charge in [0.05, 0.1) is 10.9 Å². The van der Waals surface area contributed by atoms with Gasteiger partial charge in [-0.1, -0.05) is 42.0 Å². The van der Waals surface area contributed by atoms with Crippen LogP contribution in [0.25, 0.3) is 6.08 Å². The highest BCUT2D eigenvalue weighted by Gasteiger charge is 2.28. The first-order chi connectivity index (χ1) is 12.9. The average molecular weight is 385 g/mol. The largest absolute Gasteiger partial charge is 0.332 e. The molecule has 1 aliphatic heterocycles. The molecule has 1 heterocycles. The molecule has 1 unspecified atom stereocenters. The van der Waals surface area contributed by atoms with Crippen LogP contribution in [0, 0.1) is 6.92 Å². The highest BCUT2D eigenvalue weighted by Crippen LogP contribution is 2.32. The lowest BCUT2D eigenvalue weighted by molar-refractivity contribution is -0.126. The normalized spacial score (nSPS) is 17.6. The predicted octanol–water partition coefficient (Wildman–Crippen LogP) is 3.28. The van der Waals surface area contributed by atoms with Crippen molar-refractivity contribution in [3.8, 4) is 0 Å². The first-order valence-electron chi connectivity index (χ1n) is 8.99. The molecule has 3 rings (SSSR count). The zero-order valence-corrected chi connectivity index (χ0v) is 16.4. The number of rotatable bonds is 5. The molecule has 0 radical (unpaired) electrons. The van der Waals surface area contributed by atoms with Crippen LogP contribution in [0.2, 0.25) is 0 Å². The summed E-state index contributed by atoms with van der Waals surface area (Å²) in [6, 6.07) is 14.9. The van der Waals surface area contributed by atoms with Gasteiger partial charge in [0.15, 0.2) is 0 Å². The summed E-state index contributed by atoms with van der Waals surface area (Å²) in [5.41, 5.74) is 3.16. The Kier molecular flexibility index (Phi) is 5.77. The highest BCUT2D eigenvalue weighted by atomic mass is 32.2. The Labute approximate surface area is 160 Å². The maximum absolute atomic E-state index is 12.7. The van der Waals surface area contributed by atoms with E-state index >= 15 is 0 Å². The van der Waals surface area contributed by atoms with Gasteiger partial charge in [-0.2, -0.15) is 0 Å². The summed E-state index contributed by atoms with van der Waals surface area (Å²) < 4.78 is 25.8. The van der Waals surface area contributed by atoms with Crippen molar-refractivity contribution < 1.29 is 13.2 Å². The zero-order chi connectivity index (χ0) is 19.4. The molecule has 1 N–H and O–H groups in total. The number of amides is 1. The first kappa shape index (κ1) is 19.3. The molecule has 2 aromatic rings. The third-order valence-electron chi connectivity index (χ3n) is 4.88. The lowest BCUT2D eigenvalue weighted by atomic mass is 10.0. The summed E-state index contributed by atoms with van der Waals surface area (Å²) in [5.74, 6) is -0.0232. The number of nitrogens with zero attached hydrogens (tertiary/aromatic N) is 1. The van der Waals surface area contributed by atoms with Crippen molar-refractivity contribution in [2.24, 2.45) is 0 Å². The van der Waals surface area contributed by atoms with Crippen molar-refractivity contribution in [1.29, 1.82) is 0 Å². The van der Waals surface area contributed by atoms with E-state index in [9.17, 15) is 13.2 Å². The van der Waals surface area contributed by atoms with Crippen LogP contribution in [0.4, 0.5) is 0 Å².